The van der Waals surface area contributed by atoms with Crippen LogP contribution in [0.15, 0.2) is 42.5 Å². The third-order valence-corrected chi connectivity index (χ3v) is 5.60. The summed E-state index contributed by atoms with van der Waals surface area (Å²) in [5.74, 6) is -0.956. The molecule has 196 valence electrons. The van der Waals surface area contributed by atoms with E-state index in [0.29, 0.717) is 17.7 Å². The molecular weight excluding hydrogens is 458 g/mol. The molecule has 0 aliphatic rings. The summed E-state index contributed by atoms with van der Waals surface area (Å²) in [6, 6.07) is 10.9. The molecule has 0 bridgehead atoms. The molecule has 0 aliphatic carbocycles. The fourth-order valence-electron chi connectivity index (χ4n) is 3.94. The lowest BCUT2D eigenvalue weighted by Crippen LogP contribution is -2.54. The van der Waals surface area contributed by atoms with Crippen molar-refractivity contribution in [2.75, 3.05) is 18.5 Å². The van der Waals surface area contributed by atoms with E-state index in [4.69, 9.17) is 4.74 Å². The van der Waals surface area contributed by atoms with Crippen molar-refractivity contribution >= 4 is 23.6 Å². The number of ether oxygens (including phenoxy) is 1. The number of aliphatic hydroxyl groups is 1. The number of nitrogens with one attached hydrogen (secondary N) is 2. The molecule has 2 atom stereocenters. The second-order valence-corrected chi connectivity index (χ2v) is 9.98. The number of aliphatic hydroxyl groups excluding tert-OH is 1. The Balaban J connectivity index is 2.49. The van der Waals surface area contributed by atoms with E-state index in [1.165, 1.54) is 4.90 Å². The van der Waals surface area contributed by atoms with Crippen molar-refractivity contribution in [1.82, 2.24) is 10.2 Å². The van der Waals surface area contributed by atoms with E-state index in [0.717, 1.165) is 16.7 Å². The van der Waals surface area contributed by atoms with Crippen molar-refractivity contribution in [2.24, 2.45) is 0 Å². The highest BCUT2D eigenvalue weighted by Gasteiger charge is 2.36. The molecule has 2 aromatic carbocycles. The Morgan fingerprint density at radius 2 is 1.69 bits per heavy atom. The Bertz CT molecular complexity index is 1080. The molecule has 0 aromatic heterocycles. The summed E-state index contributed by atoms with van der Waals surface area (Å²) >= 11 is 0. The quantitative estimate of drug-likeness (QED) is 0.475. The van der Waals surface area contributed by atoms with Crippen LogP contribution in [-0.4, -0.2) is 52.7 Å². The van der Waals surface area contributed by atoms with Crippen LogP contribution in [0.5, 0.6) is 0 Å². The van der Waals surface area contributed by atoms with Crippen molar-refractivity contribution in [1.29, 1.82) is 0 Å². The number of alkyl carbamates (subject to hydrolysis) is 1. The van der Waals surface area contributed by atoms with Crippen LogP contribution in [0.3, 0.4) is 0 Å². The topological polar surface area (TPSA) is 108 Å². The summed E-state index contributed by atoms with van der Waals surface area (Å²) in [5.41, 5.74) is 3.31. The summed E-state index contributed by atoms with van der Waals surface area (Å²) < 4.78 is 5.27. The zero-order valence-corrected chi connectivity index (χ0v) is 22.3. The molecule has 3 amide bonds. The molecule has 36 heavy (non-hydrogen) atoms. The van der Waals surface area contributed by atoms with Crippen molar-refractivity contribution in [3.05, 3.63) is 64.7 Å². The molecule has 0 saturated carbocycles. The number of benzene rings is 2. The minimum absolute atomic E-state index is 0.241. The van der Waals surface area contributed by atoms with Crippen LogP contribution in [0.2, 0.25) is 0 Å². The standard InChI is InChI=1S/C28H39N3O5/c1-8-15-31(26(34)23(17-32)30-27(35)36-28(5,6)7)24(21-14-13-18(2)16-20(21)4)25(33)29-22-12-10-9-11-19(22)3/h9-14,16,23-24,32H,8,15,17H2,1-7H3,(H,29,33)(H,30,35). The van der Waals surface area contributed by atoms with Gasteiger partial charge >= 0.3 is 6.09 Å². The van der Waals surface area contributed by atoms with Gasteiger partial charge in [-0.15, -0.1) is 0 Å². The summed E-state index contributed by atoms with van der Waals surface area (Å²) in [5, 5.41) is 15.4. The summed E-state index contributed by atoms with van der Waals surface area (Å²) in [4.78, 5) is 41.2. The lowest BCUT2D eigenvalue weighted by atomic mass is 9.96. The number of aryl methyl sites for hydroxylation is 3. The van der Waals surface area contributed by atoms with Crippen molar-refractivity contribution in [3.63, 3.8) is 0 Å². The Labute approximate surface area is 214 Å². The molecular formula is C28H39N3O5. The van der Waals surface area contributed by atoms with Crippen LogP contribution in [0.25, 0.3) is 0 Å². The molecule has 2 unspecified atom stereocenters. The minimum Gasteiger partial charge on any atom is -0.444 e. The van der Waals surface area contributed by atoms with Gasteiger partial charge in [-0.05, 0) is 70.7 Å². The largest absolute Gasteiger partial charge is 0.444 e. The van der Waals surface area contributed by atoms with Gasteiger partial charge in [0.1, 0.15) is 17.7 Å². The van der Waals surface area contributed by atoms with E-state index in [1.807, 2.05) is 64.1 Å². The van der Waals surface area contributed by atoms with Crippen LogP contribution in [0, 0.1) is 20.8 Å². The first-order valence-corrected chi connectivity index (χ1v) is 12.2. The lowest BCUT2D eigenvalue weighted by Gasteiger charge is -2.34. The number of para-hydroxylation sites is 1. The van der Waals surface area contributed by atoms with Gasteiger partial charge in [-0.2, -0.15) is 0 Å². The molecule has 0 spiro atoms. The Morgan fingerprint density at radius 1 is 1.03 bits per heavy atom. The van der Waals surface area contributed by atoms with Crippen molar-refractivity contribution in [3.8, 4) is 0 Å². The maximum Gasteiger partial charge on any atom is 0.408 e. The number of hydrogen-bond acceptors (Lipinski definition) is 5. The van der Waals surface area contributed by atoms with Crippen molar-refractivity contribution < 1.29 is 24.2 Å². The first-order chi connectivity index (χ1) is 16.9. The highest BCUT2D eigenvalue weighted by molar-refractivity contribution is 5.99. The number of nitrogens with zero attached hydrogens (tertiary/aromatic N) is 1. The van der Waals surface area contributed by atoms with E-state index >= 15 is 0 Å². The van der Waals surface area contributed by atoms with Crippen LogP contribution in [0.4, 0.5) is 10.5 Å². The average molecular weight is 498 g/mol. The first-order valence-electron chi connectivity index (χ1n) is 12.2. The molecule has 0 radical (unpaired) electrons. The molecule has 0 heterocycles. The second kappa shape index (κ2) is 12.5. The molecule has 3 N–H and O–H groups in total. The van der Waals surface area contributed by atoms with Crippen molar-refractivity contribution in [2.45, 2.75) is 72.6 Å². The smallest absolute Gasteiger partial charge is 0.408 e. The van der Waals surface area contributed by atoms with Gasteiger partial charge in [0.25, 0.3) is 5.91 Å². The Morgan fingerprint density at radius 3 is 2.25 bits per heavy atom. The molecule has 0 saturated heterocycles. The fraction of sp³-hybridized carbons (Fsp3) is 0.464. The molecule has 2 aromatic rings. The summed E-state index contributed by atoms with van der Waals surface area (Å²) in [7, 11) is 0. The highest BCUT2D eigenvalue weighted by atomic mass is 16.6. The predicted octanol–water partition coefficient (Wildman–Crippen LogP) is 4.42. The average Bonchev–Trinajstić information content (AvgIpc) is 2.78. The number of amides is 3. The zero-order valence-electron chi connectivity index (χ0n) is 22.3. The van der Waals surface area contributed by atoms with Gasteiger partial charge in [0, 0.05) is 12.2 Å². The van der Waals surface area contributed by atoms with Gasteiger partial charge in [-0.3, -0.25) is 9.59 Å². The van der Waals surface area contributed by atoms with E-state index in [2.05, 4.69) is 10.6 Å². The SMILES string of the molecule is CCCN(C(=O)C(CO)NC(=O)OC(C)(C)C)C(C(=O)Nc1ccccc1C)c1ccc(C)cc1C. The Hall–Kier alpha value is -3.39. The zero-order chi connectivity index (χ0) is 27.0. The second-order valence-electron chi connectivity index (χ2n) is 9.98. The van der Waals surface area contributed by atoms with Gasteiger partial charge in [-0.1, -0.05) is 48.9 Å². The summed E-state index contributed by atoms with van der Waals surface area (Å²) in [6.45, 7) is 12.4. The molecule has 0 aliphatic heterocycles. The number of carbonyl (C=O) groups excluding carboxylic acids is 3. The van der Waals surface area contributed by atoms with Gasteiger partial charge in [0.2, 0.25) is 5.91 Å². The third-order valence-electron chi connectivity index (χ3n) is 5.60. The molecule has 2 rings (SSSR count). The number of carbonyl (C=O) groups is 3. The van der Waals surface area contributed by atoms with Gasteiger partial charge < -0.3 is 25.4 Å². The maximum atomic E-state index is 13.8. The van der Waals surface area contributed by atoms with Gasteiger partial charge in [0.15, 0.2) is 0 Å². The van der Waals surface area contributed by atoms with E-state index in [1.54, 1.807) is 26.8 Å². The predicted molar refractivity (Wildman–Crippen MR) is 141 cm³/mol. The number of anilines is 1. The molecule has 0 fully saturated rings. The third kappa shape index (κ3) is 7.81. The van der Waals surface area contributed by atoms with E-state index < -0.39 is 36.3 Å². The van der Waals surface area contributed by atoms with Gasteiger partial charge in [-0.25, -0.2) is 4.79 Å². The molecule has 8 nitrogen and oxygen atoms in total. The maximum absolute atomic E-state index is 13.8. The van der Waals surface area contributed by atoms with Crippen LogP contribution in [-0.2, 0) is 14.3 Å². The van der Waals surface area contributed by atoms with Gasteiger partial charge in [0.05, 0.1) is 6.61 Å². The monoisotopic (exact) mass is 497 g/mol. The van der Waals surface area contributed by atoms with Crippen LogP contribution in [0.1, 0.15) is 62.4 Å². The molecule has 8 heteroatoms. The fourth-order valence-corrected chi connectivity index (χ4v) is 3.94. The van der Waals surface area contributed by atoms with E-state index in [9.17, 15) is 19.5 Å². The number of hydrogen-bond donors (Lipinski definition) is 3. The normalized spacial score (nSPS) is 12.9. The Kier molecular flexibility index (Phi) is 10.0. The first kappa shape index (κ1) is 28.8. The highest BCUT2D eigenvalue weighted by Crippen LogP contribution is 2.28. The van der Waals surface area contributed by atoms with E-state index in [-0.39, 0.29) is 12.5 Å². The lowest BCUT2D eigenvalue weighted by molar-refractivity contribution is -0.141. The minimum atomic E-state index is -1.27. The number of rotatable bonds is 9. The summed E-state index contributed by atoms with van der Waals surface area (Å²) in [6.07, 6.45) is -0.256. The van der Waals surface area contributed by atoms with Crippen LogP contribution < -0.4 is 10.6 Å². The van der Waals surface area contributed by atoms with Crippen LogP contribution >= 0.6 is 0 Å².